The van der Waals surface area contributed by atoms with Crippen LogP contribution in [0.15, 0.2) is 59.7 Å². The summed E-state index contributed by atoms with van der Waals surface area (Å²) in [5, 5.41) is 12.3. The number of halogens is 3. The van der Waals surface area contributed by atoms with Crippen LogP contribution in [-0.2, 0) is 13.0 Å². The minimum Gasteiger partial charge on any atom is -0.503 e. The second-order valence-electron chi connectivity index (χ2n) is 6.43. The van der Waals surface area contributed by atoms with Crippen LogP contribution in [0.4, 0.5) is 13.2 Å². The molecule has 29 heavy (non-hydrogen) atoms. The molecule has 0 aliphatic heterocycles. The first-order valence-corrected chi connectivity index (χ1v) is 8.73. The van der Waals surface area contributed by atoms with Crippen LogP contribution in [0.3, 0.4) is 0 Å². The number of nitrogens with zero attached hydrogens (tertiary/aromatic N) is 1. The molecule has 2 N–H and O–H groups in total. The molecule has 3 rings (SSSR count). The summed E-state index contributed by atoms with van der Waals surface area (Å²) in [7, 11) is 0. The molecule has 1 heterocycles. The minimum absolute atomic E-state index is 0.00838. The molecule has 2 aromatic carbocycles. The molecule has 150 valence electrons. The van der Waals surface area contributed by atoms with Crippen molar-refractivity contribution < 1.29 is 23.1 Å². The van der Waals surface area contributed by atoms with Crippen molar-refractivity contribution in [1.29, 1.82) is 0 Å². The Morgan fingerprint density at radius 2 is 1.69 bits per heavy atom. The van der Waals surface area contributed by atoms with Crippen molar-refractivity contribution in [2.24, 2.45) is 0 Å². The molecule has 5 nitrogen and oxygen atoms in total. The SMILES string of the molecule is O=C(NCCc1ccc(F)cc1F)c1cn(Cc2ccc(F)cc2)cc(O)c1=O. The van der Waals surface area contributed by atoms with Gasteiger partial charge in [-0.2, -0.15) is 0 Å². The van der Waals surface area contributed by atoms with Crippen LogP contribution in [0.1, 0.15) is 21.5 Å². The van der Waals surface area contributed by atoms with Crippen LogP contribution in [0.2, 0.25) is 0 Å². The normalized spacial score (nSPS) is 10.7. The Balaban J connectivity index is 1.71. The number of amides is 1. The van der Waals surface area contributed by atoms with E-state index in [1.807, 2.05) is 0 Å². The predicted octanol–water partition coefficient (Wildman–Crippen LogP) is 2.99. The van der Waals surface area contributed by atoms with Crippen molar-refractivity contribution in [2.75, 3.05) is 6.54 Å². The van der Waals surface area contributed by atoms with Gasteiger partial charge in [-0.05, 0) is 35.7 Å². The zero-order chi connectivity index (χ0) is 21.0. The highest BCUT2D eigenvalue weighted by Crippen LogP contribution is 2.11. The number of hydrogen-bond acceptors (Lipinski definition) is 3. The third kappa shape index (κ3) is 5.04. The molecule has 0 aliphatic rings. The molecule has 0 spiro atoms. The van der Waals surface area contributed by atoms with Crippen molar-refractivity contribution in [3.63, 3.8) is 0 Å². The maximum atomic E-state index is 13.6. The topological polar surface area (TPSA) is 71.3 Å². The number of pyridine rings is 1. The summed E-state index contributed by atoms with van der Waals surface area (Å²) in [5.41, 5.74) is -0.207. The lowest BCUT2D eigenvalue weighted by Crippen LogP contribution is -2.31. The molecule has 0 bridgehead atoms. The molecular weight excluding hydrogens is 385 g/mol. The van der Waals surface area contributed by atoms with Crippen molar-refractivity contribution in [2.45, 2.75) is 13.0 Å². The molecule has 1 aromatic heterocycles. The van der Waals surface area contributed by atoms with Crippen molar-refractivity contribution in [3.05, 3.63) is 99.2 Å². The molecule has 0 aliphatic carbocycles. The lowest BCUT2D eigenvalue weighted by molar-refractivity contribution is 0.0951. The minimum atomic E-state index is -0.842. The number of hydrogen-bond donors (Lipinski definition) is 2. The highest BCUT2D eigenvalue weighted by molar-refractivity contribution is 5.94. The highest BCUT2D eigenvalue weighted by Gasteiger charge is 2.15. The van der Waals surface area contributed by atoms with Gasteiger partial charge in [0.2, 0.25) is 5.43 Å². The number of aromatic nitrogens is 1. The zero-order valence-electron chi connectivity index (χ0n) is 15.2. The Morgan fingerprint density at radius 1 is 1.00 bits per heavy atom. The van der Waals surface area contributed by atoms with Crippen LogP contribution in [-0.4, -0.2) is 22.1 Å². The Bertz CT molecular complexity index is 1100. The van der Waals surface area contributed by atoms with Gasteiger partial charge in [0, 0.05) is 25.4 Å². The first kappa shape index (κ1) is 20.2. The van der Waals surface area contributed by atoms with E-state index in [-0.39, 0.29) is 30.6 Å². The van der Waals surface area contributed by atoms with E-state index in [9.17, 15) is 27.9 Å². The Kier molecular flexibility index (Phi) is 6.01. The highest BCUT2D eigenvalue weighted by atomic mass is 19.1. The molecular formula is C21H17F3N2O3. The van der Waals surface area contributed by atoms with Crippen molar-refractivity contribution in [1.82, 2.24) is 9.88 Å². The van der Waals surface area contributed by atoms with Crippen molar-refractivity contribution >= 4 is 5.91 Å². The number of nitrogens with one attached hydrogen (secondary N) is 1. The second kappa shape index (κ2) is 8.64. The molecule has 0 fully saturated rings. The Hall–Kier alpha value is -3.55. The number of benzene rings is 2. The number of rotatable bonds is 6. The molecule has 8 heteroatoms. The van der Waals surface area contributed by atoms with E-state index < -0.39 is 34.5 Å². The van der Waals surface area contributed by atoms with E-state index in [0.717, 1.165) is 12.1 Å². The summed E-state index contributed by atoms with van der Waals surface area (Å²) in [4.78, 5) is 24.5. The van der Waals surface area contributed by atoms with Gasteiger partial charge in [-0.3, -0.25) is 9.59 Å². The van der Waals surface area contributed by atoms with Crippen LogP contribution in [0.25, 0.3) is 0 Å². The van der Waals surface area contributed by atoms with E-state index in [0.29, 0.717) is 5.56 Å². The van der Waals surface area contributed by atoms with Gasteiger partial charge in [-0.1, -0.05) is 18.2 Å². The molecule has 0 atom stereocenters. The fourth-order valence-electron chi connectivity index (χ4n) is 2.80. The average molecular weight is 402 g/mol. The van der Waals surface area contributed by atoms with Gasteiger partial charge >= 0.3 is 0 Å². The second-order valence-corrected chi connectivity index (χ2v) is 6.43. The molecule has 0 unspecified atom stereocenters. The van der Waals surface area contributed by atoms with Gasteiger partial charge in [0.15, 0.2) is 5.75 Å². The predicted molar refractivity (Wildman–Crippen MR) is 100 cm³/mol. The van der Waals surface area contributed by atoms with Gasteiger partial charge in [-0.25, -0.2) is 13.2 Å². The number of carbonyl (C=O) groups is 1. The van der Waals surface area contributed by atoms with Crippen molar-refractivity contribution in [3.8, 4) is 5.75 Å². The lowest BCUT2D eigenvalue weighted by atomic mass is 10.1. The number of carbonyl (C=O) groups excluding carboxylic acids is 1. The quantitative estimate of drug-likeness (QED) is 0.666. The number of aromatic hydroxyl groups is 1. The Labute approximate surface area is 164 Å². The molecule has 3 aromatic rings. The van der Waals surface area contributed by atoms with E-state index in [1.165, 1.54) is 35.2 Å². The lowest BCUT2D eigenvalue weighted by Gasteiger charge is -2.11. The van der Waals surface area contributed by atoms with Crippen LogP contribution in [0, 0.1) is 17.5 Å². The van der Waals surface area contributed by atoms with Gasteiger partial charge in [0.05, 0.1) is 6.20 Å². The van der Waals surface area contributed by atoms with Crippen LogP contribution < -0.4 is 10.7 Å². The van der Waals surface area contributed by atoms with Gasteiger partial charge < -0.3 is 15.0 Å². The molecule has 0 saturated heterocycles. The summed E-state index contributed by atoms with van der Waals surface area (Å²) in [6, 6.07) is 8.79. The maximum Gasteiger partial charge on any atom is 0.256 e. The third-order valence-electron chi connectivity index (χ3n) is 4.28. The maximum absolute atomic E-state index is 13.6. The van der Waals surface area contributed by atoms with E-state index in [4.69, 9.17) is 0 Å². The molecule has 1 amide bonds. The Morgan fingerprint density at radius 3 is 2.38 bits per heavy atom. The summed E-state index contributed by atoms with van der Waals surface area (Å²) in [5.74, 6) is -3.16. The fraction of sp³-hybridized carbons (Fsp3) is 0.143. The van der Waals surface area contributed by atoms with E-state index >= 15 is 0 Å². The first-order valence-electron chi connectivity index (χ1n) is 8.73. The summed E-state index contributed by atoms with van der Waals surface area (Å²) < 4.78 is 41.0. The van der Waals surface area contributed by atoms with Gasteiger partial charge in [0.1, 0.15) is 23.0 Å². The zero-order valence-corrected chi connectivity index (χ0v) is 15.2. The smallest absolute Gasteiger partial charge is 0.256 e. The third-order valence-corrected chi connectivity index (χ3v) is 4.28. The summed E-state index contributed by atoms with van der Waals surface area (Å²) >= 11 is 0. The monoisotopic (exact) mass is 402 g/mol. The summed E-state index contributed by atoms with van der Waals surface area (Å²) in [6.45, 7) is 0.212. The fourth-order valence-corrected chi connectivity index (χ4v) is 2.80. The standard InChI is InChI=1S/C21H17F3N2O3/c22-15-4-1-13(2-5-15)10-26-11-17(20(28)19(27)12-26)21(29)25-8-7-14-3-6-16(23)9-18(14)24/h1-6,9,11-12,27H,7-8,10H2,(H,25,29). The van der Waals surface area contributed by atoms with Crippen LogP contribution >= 0.6 is 0 Å². The van der Waals surface area contributed by atoms with Gasteiger partial charge in [-0.15, -0.1) is 0 Å². The summed E-state index contributed by atoms with van der Waals surface area (Å²) in [6.07, 6.45) is 2.55. The van der Waals surface area contributed by atoms with Gasteiger partial charge in [0.25, 0.3) is 5.91 Å². The average Bonchev–Trinajstić information content (AvgIpc) is 2.68. The molecule has 0 saturated carbocycles. The van der Waals surface area contributed by atoms with E-state index in [2.05, 4.69) is 5.32 Å². The molecule has 0 radical (unpaired) electrons. The van der Waals surface area contributed by atoms with E-state index in [1.54, 1.807) is 12.1 Å². The first-order chi connectivity index (χ1) is 13.8. The largest absolute Gasteiger partial charge is 0.503 e. The van der Waals surface area contributed by atoms with Crippen LogP contribution in [0.5, 0.6) is 5.75 Å².